The first-order valence-corrected chi connectivity index (χ1v) is 12.9. The molecule has 10 heteroatoms. The summed E-state index contributed by atoms with van der Waals surface area (Å²) in [7, 11) is 0. The second-order valence-electron chi connectivity index (χ2n) is 10.2. The van der Waals surface area contributed by atoms with Gasteiger partial charge in [-0.15, -0.1) is 0 Å². The van der Waals surface area contributed by atoms with Crippen LogP contribution in [0.15, 0.2) is 16.9 Å². The summed E-state index contributed by atoms with van der Waals surface area (Å²) in [5, 5.41) is 14.9. The van der Waals surface area contributed by atoms with Gasteiger partial charge in [-0.05, 0) is 55.4 Å². The topological polar surface area (TPSA) is 120 Å². The van der Waals surface area contributed by atoms with E-state index in [9.17, 15) is 23.9 Å². The number of aromatic nitrogens is 2. The van der Waals surface area contributed by atoms with Crippen LogP contribution in [0.25, 0.3) is 22.3 Å². The third kappa shape index (κ3) is 3.32. The lowest BCUT2D eigenvalue weighted by Crippen LogP contribution is -2.44. The summed E-state index contributed by atoms with van der Waals surface area (Å²) in [6.07, 6.45) is 1.27. The molecule has 38 heavy (non-hydrogen) atoms. The number of ether oxygens (including phenoxy) is 2. The fourth-order valence-electron chi connectivity index (χ4n) is 6.08. The van der Waals surface area contributed by atoms with E-state index >= 15 is 0 Å². The summed E-state index contributed by atoms with van der Waals surface area (Å²) in [6, 6.07) is 2.59. The number of cyclic esters (lactones) is 1. The van der Waals surface area contributed by atoms with Crippen molar-refractivity contribution in [1.82, 2.24) is 14.9 Å². The van der Waals surface area contributed by atoms with Crippen LogP contribution in [-0.4, -0.2) is 33.3 Å². The Morgan fingerprint density at radius 2 is 2.08 bits per heavy atom. The predicted octanol–water partition coefficient (Wildman–Crippen LogP) is 3.65. The van der Waals surface area contributed by atoms with Gasteiger partial charge in [-0.25, -0.2) is 19.0 Å². The van der Waals surface area contributed by atoms with E-state index in [1.54, 1.807) is 24.5 Å². The molecule has 0 radical (unpaired) electrons. The fourth-order valence-corrected chi connectivity index (χ4v) is 6.08. The SMILES string of the molecule is CCCOC(=O)N[C@H]1CCc2c(C)c(F)cc3nc4c(c1c23)Cn1c-4cc2c(c1=O)COC(=O)[C@]2(O)CC. The monoisotopic (exact) mass is 521 g/mol. The molecule has 9 nitrogen and oxygen atoms in total. The van der Waals surface area contributed by atoms with Crippen molar-refractivity contribution < 1.29 is 28.6 Å². The Bertz CT molecular complexity index is 1610. The summed E-state index contributed by atoms with van der Waals surface area (Å²) in [4.78, 5) is 43.5. The summed E-state index contributed by atoms with van der Waals surface area (Å²) in [5.74, 6) is -1.17. The molecule has 1 amide bonds. The van der Waals surface area contributed by atoms with Gasteiger partial charge in [0.15, 0.2) is 5.60 Å². The van der Waals surface area contributed by atoms with Gasteiger partial charge in [0.2, 0.25) is 0 Å². The van der Waals surface area contributed by atoms with Crippen LogP contribution in [0.2, 0.25) is 0 Å². The van der Waals surface area contributed by atoms with E-state index in [1.807, 2.05) is 6.92 Å². The highest BCUT2D eigenvalue weighted by molar-refractivity contribution is 5.93. The number of halogens is 1. The van der Waals surface area contributed by atoms with Crippen molar-refractivity contribution in [2.75, 3.05) is 6.61 Å². The summed E-state index contributed by atoms with van der Waals surface area (Å²) in [5.41, 5.74) is 2.36. The van der Waals surface area contributed by atoms with Gasteiger partial charge >= 0.3 is 12.1 Å². The number of rotatable bonds is 4. The highest BCUT2D eigenvalue weighted by Gasteiger charge is 2.46. The van der Waals surface area contributed by atoms with Crippen molar-refractivity contribution >= 4 is 23.0 Å². The van der Waals surface area contributed by atoms with Crippen molar-refractivity contribution in [3.8, 4) is 11.4 Å². The normalized spacial score (nSPS) is 21.0. The average Bonchev–Trinajstić information content (AvgIpc) is 3.27. The summed E-state index contributed by atoms with van der Waals surface area (Å²) >= 11 is 0. The van der Waals surface area contributed by atoms with E-state index in [4.69, 9.17) is 14.5 Å². The zero-order chi connectivity index (χ0) is 26.9. The number of nitrogens with zero attached hydrogens (tertiary/aromatic N) is 2. The fraction of sp³-hybridized carbons (Fsp3) is 0.429. The van der Waals surface area contributed by atoms with E-state index in [0.717, 1.165) is 22.1 Å². The molecule has 4 heterocycles. The van der Waals surface area contributed by atoms with Crippen LogP contribution in [0.4, 0.5) is 9.18 Å². The zero-order valence-corrected chi connectivity index (χ0v) is 21.4. The van der Waals surface area contributed by atoms with Gasteiger partial charge < -0.3 is 24.5 Å². The molecule has 198 valence electrons. The molecule has 0 spiro atoms. The van der Waals surface area contributed by atoms with E-state index in [-0.39, 0.29) is 48.7 Å². The van der Waals surface area contributed by atoms with Gasteiger partial charge in [-0.2, -0.15) is 0 Å². The van der Waals surface area contributed by atoms with Crippen LogP contribution in [0, 0.1) is 12.7 Å². The van der Waals surface area contributed by atoms with Crippen LogP contribution in [-0.2, 0) is 39.4 Å². The second kappa shape index (κ2) is 8.62. The molecule has 1 aliphatic carbocycles. The molecule has 0 fully saturated rings. The summed E-state index contributed by atoms with van der Waals surface area (Å²) < 4.78 is 26.9. The number of alkyl carbamates (subject to hydrolysis) is 1. The van der Waals surface area contributed by atoms with Gasteiger partial charge in [-0.1, -0.05) is 13.8 Å². The third-order valence-corrected chi connectivity index (χ3v) is 8.11. The van der Waals surface area contributed by atoms with E-state index in [1.165, 1.54) is 6.07 Å². The number of aliphatic hydroxyl groups is 1. The molecule has 0 saturated carbocycles. The van der Waals surface area contributed by atoms with Crippen molar-refractivity contribution in [3.05, 3.63) is 61.7 Å². The van der Waals surface area contributed by atoms with Crippen LogP contribution in [0.5, 0.6) is 0 Å². The van der Waals surface area contributed by atoms with E-state index < -0.39 is 23.7 Å². The molecule has 2 N–H and O–H groups in total. The quantitative estimate of drug-likeness (QED) is 0.394. The molecule has 0 unspecified atom stereocenters. The molecule has 0 saturated heterocycles. The number of amides is 1. The number of fused-ring (bicyclic) bond motifs is 5. The molecule has 1 aromatic carbocycles. The van der Waals surface area contributed by atoms with Crippen molar-refractivity contribution in [2.45, 2.75) is 71.2 Å². The van der Waals surface area contributed by atoms with Gasteiger partial charge in [-0.3, -0.25) is 4.79 Å². The molecule has 2 aliphatic heterocycles. The van der Waals surface area contributed by atoms with Gasteiger partial charge in [0.05, 0.1) is 41.7 Å². The Labute approximate surface area is 217 Å². The Balaban J connectivity index is 1.60. The Kier molecular flexibility index (Phi) is 5.57. The van der Waals surface area contributed by atoms with E-state index in [0.29, 0.717) is 41.7 Å². The number of pyridine rings is 2. The average molecular weight is 522 g/mol. The first-order chi connectivity index (χ1) is 18.2. The highest BCUT2D eigenvalue weighted by atomic mass is 19.1. The smallest absolute Gasteiger partial charge is 0.407 e. The first-order valence-electron chi connectivity index (χ1n) is 12.9. The Morgan fingerprint density at radius 1 is 1.29 bits per heavy atom. The lowest BCUT2D eigenvalue weighted by molar-refractivity contribution is -0.172. The standard InChI is InChI=1S/C28H28FN3O6/c1-4-8-37-27(35)31-19-7-6-14-13(3)18(29)10-20-22(14)23(19)15-11-32-21(24(15)30-20)9-17-16(25(32)33)12-38-26(34)28(17,36)5-2/h9-10,19,36H,4-8,11-12H2,1-3H3,(H,31,35)/t19-,28-/m0/s1. The van der Waals surface area contributed by atoms with Crippen molar-refractivity contribution in [1.29, 1.82) is 0 Å². The number of aryl methyl sites for hydroxylation is 1. The second-order valence-corrected chi connectivity index (χ2v) is 10.2. The largest absolute Gasteiger partial charge is 0.458 e. The van der Waals surface area contributed by atoms with Crippen LogP contribution < -0.4 is 10.9 Å². The molecule has 0 bridgehead atoms. The van der Waals surface area contributed by atoms with Gasteiger partial charge in [0.25, 0.3) is 5.56 Å². The van der Waals surface area contributed by atoms with Crippen molar-refractivity contribution in [2.24, 2.45) is 0 Å². The van der Waals surface area contributed by atoms with Gasteiger partial charge in [0.1, 0.15) is 12.4 Å². The number of hydrogen-bond acceptors (Lipinski definition) is 7. The lowest BCUT2D eigenvalue weighted by Gasteiger charge is -2.31. The third-order valence-electron chi connectivity index (χ3n) is 8.11. The number of carbonyl (C=O) groups excluding carboxylic acids is 2. The van der Waals surface area contributed by atoms with Crippen molar-refractivity contribution in [3.63, 3.8) is 0 Å². The molecule has 3 aromatic rings. The maximum absolute atomic E-state index is 15.0. The Hall–Kier alpha value is -3.79. The van der Waals surface area contributed by atoms with Crippen LogP contribution in [0.1, 0.15) is 72.5 Å². The Morgan fingerprint density at radius 3 is 2.82 bits per heavy atom. The maximum Gasteiger partial charge on any atom is 0.407 e. The first kappa shape index (κ1) is 24.5. The molecule has 6 rings (SSSR count). The molecular weight excluding hydrogens is 493 g/mol. The number of esters is 1. The molecule has 2 aromatic heterocycles. The van der Waals surface area contributed by atoms with Gasteiger partial charge in [0, 0.05) is 22.6 Å². The van der Waals surface area contributed by atoms with Crippen LogP contribution in [0.3, 0.4) is 0 Å². The van der Waals surface area contributed by atoms with E-state index in [2.05, 4.69) is 5.32 Å². The molecular formula is C28H28FN3O6. The maximum atomic E-state index is 15.0. The zero-order valence-electron chi connectivity index (χ0n) is 21.4. The molecule has 3 aliphatic rings. The number of hydrogen-bond donors (Lipinski definition) is 2. The van der Waals surface area contributed by atoms with Crippen LogP contribution >= 0.6 is 0 Å². The minimum atomic E-state index is -1.94. The predicted molar refractivity (Wildman–Crippen MR) is 135 cm³/mol. The summed E-state index contributed by atoms with van der Waals surface area (Å²) in [6.45, 7) is 5.54. The number of nitrogens with one attached hydrogen (secondary N) is 1. The number of carbonyl (C=O) groups is 2. The highest BCUT2D eigenvalue weighted by Crippen LogP contribution is 2.45. The molecule has 2 atom stereocenters. The minimum Gasteiger partial charge on any atom is -0.458 e. The number of benzene rings is 1. The lowest BCUT2D eigenvalue weighted by atomic mass is 9.81. The minimum absolute atomic E-state index is 0.0324.